The van der Waals surface area contributed by atoms with Gasteiger partial charge in [0.2, 0.25) is 0 Å². The summed E-state index contributed by atoms with van der Waals surface area (Å²) in [5, 5.41) is 3.45. The Balaban J connectivity index is 0.00000192. The molecule has 2 fully saturated rings. The predicted octanol–water partition coefficient (Wildman–Crippen LogP) is 2.38. The lowest BCUT2D eigenvalue weighted by atomic mass is 9.97. The van der Waals surface area contributed by atoms with Crippen LogP contribution in [0.4, 0.5) is 5.69 Å². The Hall–Kier alpha value is -0.810. The number of morpholine rings is 1. The maximum atomic E-state index is 5.48. The first-order chi connectivity index (χ1) is 10.8. The van der Waals surface area contributed by atoms with Gasteiger partial charge in [-0.05, 0) is 50.5 Å². The third-order valence-electron chi connectivity index (χ3n) is 4.81. The fourth-order valence-electron chi connectivity index (χ4n) is 3.62. The monoisotopic (exact) mass is 339 g/mol. The second-order valence-corrected chi connectivity index (χ2v) is 6.62. The zero-order valence-corrected chi connectivity index (χ0v) is 15.0. The summed E-state index contributed by atoms with van der Waals surface area (Å²) in [6, 6.07) is 8.86. The first kappa shape index (κ1) is 18.5. The molecule has 1 aromatic rings. The molecule has 1 N–H and O–H groups in total. The number of ether oxygens (including phenoxy) is 1. The van der Waals surface area contributed by atoms with E-state index in [0.717, 1.165) is 38.8 Å². The Labute approximate surface area is 146 Å². The maximum Gasteiger partial charge on any atom is 0.0642 e. The van der Waals surface area contributed by atoms with Crippen molar-refractivity contribution >= 4 is 18.1 Å². The van der Waals surface area contributed by atoms with Crippen molar-refractivity contribution in [3.05, 3.63) is 29.8 Å². The number of nitrogens with one attached hydrogen (secondary N) is 1. The number of rotatable bonds is 5. The number of anilines is 1. The zero-order chi connectivity index (χ0) is 15.2. The highest BCUT2D eigenvalue weighted by atomic mass is 35.5. The van der Waals surface area contributed by atoms with E-state index in [0.29, 0.717) is 0 Å². The number of hydrogen-bond donors (Lipinski definition) is 1. The fraction of sp³-hybridized carbons (Fsp3) is 0.667. The largest absolute Gasteiger partial charge is 0.378 e. The molecule has 1 aromatic carbocycles. The summed E-state index contributed by atoms with van der Waals surface area (Å²) >= 11 is 0. The molecule has 130 valence electrons. The minimum Gasteiger partial charge on any atom is -0.378 e. The van der Waals surface area contributed by atoms with Crippen molar-refractivity contribution in [2.75, 3.05) is 57.9 Å². The van der Waals surface area contributed by atoms with Gasteiger partial charge in [0.25, 0.3) is 0 Å². The van der Waals surface area contributed by atoms with Crippen molar-refractivity contribution in [3.8, 4) is 0 Å². The van der Waals surface area contributed by atoms with E-state index in [2.05, 4.69) is 46.4 Å². The smallest absolute Gasteiger partial charge is 0.0642 e. The van der Waals surface area contributed by atoms with Crippen LogP contribution in [0.25, 0.3) is 0 Å². The maximum absolute atomic E-state index is 5.48. The van der Waals surface area contributed by atoms with Crippen LogP contribution in [0.2, 0.25) is 0 Å². The van der Waals surface area contributed by atoms with Gasteiger partial charge in [0.05, 0.1) is 13.2 Å². The Bertz CT molecular complexity index is 459. The molecule has 2 heterocycles. The van der Waals surface area contributed by atoms with Gasteiger partial charge >= 0.3 is 0 Å². The van der Waals surface area contributed by atoms with Crippen LogP contribution in [0.1, 0.15) is 18.4 Å². The van der Waals surface area contributed by atoms with Gasteiger partial charge in [0, 0.05) is 31.9 Å². The van der Waals surface area contributed by atoms with Crippen molar-refractivity contribution in [1.29, 1.82) is 0 Å². The van der Waals surface area contributed by atoms with Gasteiger partial charge in [-0.3, -0.25) is 0 Å². The summed E-state index contributed by atoms with van der Waals surface area (Å²) in [4.78, 5) is 4.96. The molecule has 0 spiro atoms. The molecule has 2 saturated heterocycles. The average molecular weight is 340 g/mol. The minimum absolute atomic E-state index is 0. The molecule has 2 aliphatic rings. The van der Waals surface area contributed by atoms with Gasteiger partial charge in [0.15, 0.2) is 0 Å². The molecule has 4 nitrogen and oxygen atoms in total. The number of nitrogens with zero attached hydrogens (tertiary/aromatic N) is 2. The summed E-state index contributed by atoms with van der Waals surface area (Å²) in [6.07, 6.45) is 2.63. The van der Waals surface area contributed by atoms with E-state index in [1.165, 1.54) is 43.7 Å². The van der Waals surface area contributed by atoms with E-state index in [-0.39, 0.29) is 12.4 Å². The highest BCUT2D eigenvalue weighted by Gasteiger charge is 2.18. The van der Waals surface area contributed by atoms with E-state index < -0.39 is 0 Å². The van der Waals surface area contributed by atoms with Crippen LogP contribution in [0.5, 0.6) is 0 Å². The van der Waals surface area contributed by atoms with Crippen molar-refractivity contribution in [3.63, 3.8) is 0 Å². The van der Waals surface area contributed by atoms with Gasteiger partial charge in [-0.25, -0.2) is 0 Å². The average Bonchev–Trinajstić information content (AvgIpc) is 2.57. The number of hydrogen-bond acceptors (Lipinski definition) is 4. The first-order valence-electron chi connectivity index (χ1n) is 8.63. The van der Waals surface area contributed by atoms with Crippen molar-refractivity contribution in [1.82, 2.24) is 10.2 Å². The third kappa shape index (κ3) is 5.35. The molecule has 0 saturated carbocycles. The molecular weight excluding hydrogens is 310 g/mol. The summed E-state index contributed by atoms with van der Waals surface area (Å²) in [5.41, 5.74) is 2.84. The zero-order valence-electron chi connectivity index (χ0n) is 14.2. The molecule has 0 bridgehead atoms. The second kappa shape index (κ2) is 9.48. The third-order valence-corrected chi connectivity index (χ3v) is 4.81. The van der Waals surface area contributed by atoms with Gasteiger partial charge in [-0.15, -0.1) is 12.4 Å². The van der Waals surface area contributed by atoms with E-state index in [1.54, 1.807) is 0 Å². The SMILES string of the molecule is CN(Cc1ccccc1N1CCOCC1)CC1CCNCC1.Cl. The van der Waals surface area contributed by atoms with Crippen LogP contribution in [0.3, 0.4) is 0 Å². The van der Waals surface area contributed by atoms with Crippen LogP contribution in [0.15, 0.2) is 24.3 Å². The molecule has 0 aromatic heterocycles. The van der Waals surface area contributed by atoms with E-state index in [9.17, 15) is 0 Å². The number of halogens is 1. The lowest BCUT2D eigenvalue weighted by Gasteiger charge is -2.32. The van der Waals surface area contributed by atoms with E-state index in [1.807, 2.05) is 0 Å². The minimum atomic E-state index is 0. The van der Waals surface area contributed by atoms with Gasteiger partial charge in [-0.1, -0.05) is 18.2 Å². The molecule has 0 atom stereocenters. The lowest BCUT2D eigenvalue weighted by Crippen LogP contribution is -2.37. The van der Waals surface area contributed by atoms with Gasteiger partial charge in [0.1, 0.15) is 0 Å². The molecule has 3 rings (SSSR count). The number of piperidine rings is 1. The van der Waals surface area contributed by atoms with Crippen LogP contribution >= 0.6 is 12.4 Å². The quantitative estimate of drug-likeness (QED) is 0.891. The fourth-order valence-corrected chi connectivity index (χ4v) is 3.62. The molecule has 0 aliphatic carbocycles. The van der Waals surface area contributed by atoms with Crippen molar-refractivity contribution in [2.24, 2.45) is 5.92 Å². The summed E-state index contributed by atoms with van der Waals surface area (Å²) in [7, 11) is 2.26. The summed E-state index contributed by atoms with van der Waals surface area (Å²) in [6.45, 7) is 8.32. The van der Waals surface area contributed by atoms with E-state index in [4.69, 9.17) is 4.74 Å². The molecular formula is C18H30ClN3O. The molecule has 5 heteroatoms. The number of benzene rings is 1. The molecule has 0 amide bonds. The van der Waals surface area contributed by atoms with E-state index >= 15 is 0 Å². The predicted molar refractivity (Wildman–Crippen MR) is 98.6 cm³/mol. The number of para-hydroxylation sites is 1. The second-order valence-electron chi connectivity index (χ2n) is 6.62. The van der Waals surface area contributed by atoms with Crippen LogP contribution in [-0.2, 0) is 11.3 Å². The standard InChI is InChI=1S/C18H29N3O.ClH/c1-20(14-16-6-8-19-9-7-16)15-17-4-2-3-5-18(17)21-10-12-22-13-11-21;/h2-5,16,19H,6-15H2,1H3;1H. The molecule has 2 aliphatic heterocycles. The molecule has 0 radical (unpaired) electrons. The summed E-state index contributed by atoms with van der Waals surface area (Å²) in [5.74, 6) is 0.849. The van der Waals surface area contributed by atoms with Gasteiger partial charge < -0.3 is 19.9 Å². The van der Waals surface area contributed by atoms with Gasteiger partial charge in [-0.2, -0.15) is 0 Å². The summed E-state index contributed by atoms with van der Waals surface area (Å²) < 4.78 is 5.48. The van der Waals surface area contributed by atoms with Crippen LogP contribution < -0.4 is 10.2 Å². The first-order valence-corrected chi connectivity index (χ1v) is 8.63. The Morgan fingerprint density at radius 1 is 1.17 bits per heavy atom. The highest BCUT2D eigenvalue weighted by molar-refractivity contribution is 5.85. The Morgan fingerprint density at radius 2 is 1.87 bits per heavy atom. The molecule has 0 unspecified atom stereocenters. The normalized spacial score (nSPS) is 19.7. The molecule has 23 heavy (non-hydrogen) atoms. The Morgan fingerprint density at radius 3 is 2.61 bits per heavy atom. The van der Waals surface area contributed by atoms with Crippen molar-refractivity contribution in [2.45, 2.75) is 19.4 Å². The highest BCUT2D eigenvalue weighted by Crippen LogP contribution is 2.23. The van der Waals surface area contributed by atoms with Crippen LogP contribution in [-0.4, -0.2) is 57.9 Å². The topological polar surface area (TPSA) is 27.7 Å². The lowest BCUT2D eigenvalue weighted by molar-refractivity contribution is 0.122. The Kier molecular flexibility index (Phi) is 7.63. The van der Waals surface area contributed by atoms with Crippen molar-refractivity contribution < 1.29 is 4.74 Å². The van der Waals surface area contributed by atoms with Crippen LogP contribution in [0, 0.1) is 5.92 Å².